The monoisotopic (exact) mass is 301 g/mol. The molecule has 1 aromatic carbocycles. The standard InChI is InChI=1S/C15H15N3S2/c1-10-8-11(6-7-16)9-17-14(10)20-15-18-12-4-2-3-5-13(12)19-15/h2-5,8-9H,6-7,16H2,1H3. The third-order valence-electron chi connectivity index (χ3n) is 2.98. The third kappa shape index (κ3) is 2.85. The second kappa shape index (κ2) is 5.91. The van der Waals surface area contributed by atoms with Crippen LogP contribution >= 0.6 is 23.1 Å². The maximum absolute atomic E-state index is 5.57. The Morgan fingerprint density at radius 1 is 1.30 bits per heavy atom. The van der Waals surface area contributed by atoms with Crippen LogP contribution in [0.15, 0.2) is 45.9 Å². The average Bonchev–Trinajstić information content (AvgIpc) is 2.84. The summed E-state index contributed by atoms with van der Waals surface area (Å²) in [5.74, 6) is 0. The van der Waals surface area contributed by atoms with Gasteiger partial charge in [0.1, 0.15) is 5.03 Å². The highest BCUT2D eigenvalue weighted by Crippen LogP contribution is 2.34. The number of hydrogen-bond donors (Lipinski definition) is 1. The molecule has 0 fully saturated rings. The number of rotatable bonds is 4. The summed E-state index contributed by atoms with van der Waals surface area (Å²) in [6.45, 7) is 2.74. The molecule has 0 atom stereocenters. The van der Waals surface area contributed by atoms with E-state index in [4.69, 9.17) is 5.73 Å². The number of nitrogens with two attached hydrogens (primary N) is 1. The maximum Gasteiger partial charge on any atom is 0.157 e. The van der Waals surface area contributed by atoms with Crippen LogP contribution in [0.4, 0.5) is 0 Å². The molecule has 0 bridgehead atoms. The van der Waals surface area contributed by atoms with Crippen LogP contribution in [-0.2, 0) is 6.42 Å². The van der Waals surface area contributed by atoms with Crippen molar-refractivity contribution in [2.24, 2.45) is 5.73 Å². The highest BCUT2D eigenvalue weighted by atomic mass is 32.2. The van der Waals surface area contributed by atoms with E-state index in [0.717, 1.165) is 21.3 Å². The van der Waals surface area contributed by atoms with Crippen LogP contribution in [0.3, 0.4) is 0 Å². The van der Waals surface area contributed by atoms with E-state index in [1.54, 1.807) is 23.1 Å². The zero-order valence-corrected chi connectivity index (χ0v) is 12.8. The molecule has 0 aliphatic heterocycles. The number of aryl methyl sites for hydroxylation is 1. The van der Waals surface area contributed by atoms with Gasteiger partial charge in [-0.15, -0.1) is 11.3 Å². The smallest absolute Gasteiger partial charge is 0.157 e. The maximum atomic E-state index is 5.57. The van der Waals surface area contributed by atoms with Gasteiger partial charge in [0.05, 0.1) is 10.2 Å². The summed E-state index contributed by atoms with van der Waals surface area (Å²) in [6.07, 6.45) is 2.79. The first-order valence-corrected chi connectivity index (χ1v) is 8.08. The first-order valence-electron chi connectivity index (χ1n) is 6.45. The lowest BCUT2D eigenvalue weighted by atomic mass is 10.2. The van der Waals surface area contributed by atoms with Crippen molar-refractivity contribution >= 4 is 33.3 Å². The molecule has 5 heteroatoms. The van der Waals surface area contributed by atoms with E-state index < -0.39 is 0 Å². The van der Waals surface area contributed by atoms with Gasteiger partial charge in [0, 0.05) is 6.20 Å². The molecule has 102 valence electrons. The predicted octanol–water partition coefficient (Wildman–Crippen LogP) is 3.65. The van der Waals surface area contributed by atoms with E-state index in [1.807, 2.05) is 24.4 Å². The van der Waals surface area contributed by atoms with E-state index in [-0.39, 0.29) is 0 Å². The van der Waals surface area contributed by atoms with Crippen LogP contribution in [0.25, 0.3) is 10.2 Å². The Morgan fingerprint density at radius 3 is 2.90 bits per heavy atom. The number of hydrogen-bond acceptors (Lipinski definition) is 5. The summed E-state index contributed by atoms with van der Waals surface area (Å²) in [5.41, 5.74) is 9.00. The van der Waals surface area contributed by atoms with Crippen LogP contribution < -0.4 is 5.73 Å². The average molecular weight is 301 g/mol. The number of thiazole rings is 1. The van der Waals surface area contributed by atoms with Crippen molar-refractivity contribution in [3.63, 3.8) is 0 Å². The van der Waals surface area contributed by atoms with E-state index in [2.05, 4.69) is 29.0 Å². The largest absolute Gasteiger partial charge is 0.330 e. The molecule has 0 radical (unpaired) electrons. The number of benzene rings is 1. The summed E-state index contributed by atoms with van der Waals surface area (Å²) in [7, 11) is 0. The van der Waals surface area contributed by atoms with Gasteiger partial charge in [0.15, 0.2) is 4.34 Å². The minimum Gasteiger partial charge on any atom is -0.330 e. The van der Waals surface area contributed by atoms with Gasteiger partial charge in [-0.25, -0.2) is 9.97 Å². The van der Waals surface area contributed by atoms with E-state index >= 15 is 0 Å². The van der Waals surface area contributed by atoms with Gasteiger partial charge in [-0.1, -0.05) is 18.2 Å². The Balaban J connectivity index is 1.86. The number of fused-ring (bicyclic) bond motifs is 1. The molecule has 0 aliphatic carbocycles. The molecule has 2 heterocycles. The van der Waals surface area contributed by atoms with Crippen LogP contribution in [0.2, 0.25) is 0 Å². The SMILES string of the molecule is Cc1cc(CCN)cnc1Sc1nc2ccccc2s1. The second-order valence-corrected chi connectivity index (χ2v) is 6.82. The molecule has 2 aromatic heterocycles. The molecule has 0 saturated carbocycles. The summed E-state index contributed by atoms with van der Waals surface area (Å²) in [6, 6.07) is 10.4. The highest BCUT2D eigenvalue weighted by molar-refractivity contribution is 8.01. The highest BCUT2D eigenvalue weighted by Gasteiger charge is 2.08. The molecule has 0 aliphatic rings. The van der Waals surface area contributed by atoms with Crippen molar-refractivity contribution in [3.05, 3.63) is 47.7 Å². The molecule has 3 aromatic rings. The predicted molar refractivity (Wildman–Crippen MR) is 85.5 cm³/mol. The lowest BCUT2D eigenvalue weighted by Gasteiger charge is -2.04. The van der Waals surface area contributed by atoms with Crippen molar-refractivity contribution in [2.45, 2.75) is 22.7 Å². The van der Waals surface area contributed by atoms with Crippen molar-refractivity contribution in [1.29, 1.82) is 0 Å². The Bertz CT molecular complexity index is 704. The summed E-state index contributed by atoms with van der Waals surface area (Å²) in [4.78, 5) is 9.17. The second-order valence-electron chi connectivity index (χ2n) is 4.55. The molecule has 2 N–H and O–H groups in total. The van der Waals surface area contributed by atoms with Gasteiger partial charge >= 0.3 is 0 Å². The Hall–Kier alpha value is -1.43. The van der Waals surface area contributed by atoms with Crippen molar-refractivity contribution < 1.29 is 0 Å². The number of aromatic nitrogens is 2. The molecule has 20 heavy (non-hydrogen) atoms. The first kappa shape index (κ1) is 13.5. The number of pyridine rings is 1. The number of para-hydroxylation sites is 1. The van der Waals surface area contributed by atoms with Crippen molar-refractivity contribution in [1.82, 2.24) is 9.97 Å². The molecule has 3 nitrogen and oxygen atoms in total. The van der Waals surface area contributed by atoms with Gasteiger partial charge in [0.2, 0.25) is 0 Å². The van der Waals surface area contributed by atoms with Gasteiger partial charge in [-0.3, -0.25) is 0 Å². The van der Waals surface area contributed by atoms with E-state index in [1.165, 1.54) is 15.8 Å². The van der Waals surface area contributed by atoms with Gasteiger partial charge in [-0.2, -0.15) is 0 Å². The number of nitrogens with zero attached hydrogens (tertiary/aromatic N) is 2. The summed E-state index contributed by atoms with van der Waals surface area (Å²) < 4.78 is 2.25. The van der Waals surface area contributed by atoms with Gasteiger partial charge < -0.3 is 5.73 Å². The van der Waals surface area contributed by atoms with Crippen LogP contribution in [0.5, 0.6) is 0 Å². The minimum atomic E-state index is 0.658. The molecule has 0 amide bonds. The Kier molecular flexibility index (Phi) is 4.00. The topological polar surface area (TPSA) is 51.8 Å². The summed E-state index contributed by atoms with van der Waals surface area (Å²) >= 11 is 3.34. The molecule has 3 rings (SSSR count). The lowest BCUT2D eigenvalue weighted by Crippen LogP contribution is -2.03. The zero-order chi connectivity index (χ0) is 13.9. The normalized spacial score (nSPS) is 11.1. The van der Waals surface area contributed by atoms with Crippen LogP contribution in [0.1, 0.15) is 11.1 Å². The van der Waals surface area contributed by atoms with Crippen molar-refractivity contribution in [2.75, 3.05) is 6.54 Å². The van der Waals surface area contributed by atoms with E-state index in [9.17, 15) is 0 Å². The zero-order valence-electron chi connectivity index (χ0n) is 11.2. The third-order valence-corrected chi connectivity index (χ3v) is 5.20. The molecule has 0 unspecified atom stereocenters. The Morgan fingerprint density at radius 2 is 2.15 bits per heavy atom. The van der Waals surface area contributed by atoms with Crippen molar-refractivity contribution in [3.8, 4) is 0 Å². The molecular weight excluding hydrogens is 286 g/mol. The first-order chi connectivity index (χ1) is 9.76. The fourth-order valence-electron chi connectivity index (χ4n) is 2.01. The van der Waals surface area contributed by atoms with Gasteiger partial charge in [-0.05, 0) is 54.9 Å². The lowest BCUT2D eigenvalue weighted by molar-refractivity contribution is 0.935. The van der Waals surface area contributed by atoms with E-state index in [0.29, 0.717) is 6.54 Å². The molecular formula is C15H15N3S2. The Labute approximate surface area is 126 Å². The fourth-order valence-corrected chi connectivity index (χ4v) is 4.01. The fraction of sp³-hybridized carbons (Fsp3) is 0.200. The van der Waals surface area contributed by atoms with Gasteiger partial charge in [0.25, 0.3) is 0 Å². The minimum absolute atomic E-state index is 0.658. The van der Waals surface area contributed by atoms with Crippen LogP contribution in [0, 0.1) is 6.92 Å². The summed E-state index contributed by atoms with van der Waals surface area (Å²) in [5, 5.41) is 1.02. The molecule has 0 spiro atoms. The van der Waals surface area contributed by atoms with Crippen LogP contribution in [-0.4, -0.2) is 16.5 Å². The quantitative estimate of drug-likeness (QED) is 0.799. The molecule has 0 saturated heterocycles.